The lowest BCUT2D eigenvalue weighted by atomic mass is 10.1. The van der Waals surface area contributed by atoms with E-state index in [0.29, 0.717) is 12.3 Å². The van der Waals surface area contributed by atoms with E-state index >= 15 is 0 Å². The van der Waals surface area contributed by atoms with Crippen molar-refractivity contribution in [2.75, 3.05) is 17.1 Å². The fourth-order valence-corrected chi connectivity index (χ4v) is 3.97. The molecule has 0 aliphatic carbocycles. The smallest absolute Gasteiger partial charge is 0.260 e. The maximum Gasteiger partial charge on any atom is 0.260 e. The second kappa shape index (κ2) is 11.0. The van der Waals surface area contributed by atoms with Crippen LogP contribution in [0.25, 0.3) is 0 Å². The Kier molecular flexibility index (Phi) is 8.07. The number of hydrazone groups is 1. The summed E-state index contributed by atoms with van der Waals surface area (Å²) in [6, 6.07) is 20.7. The molecule has 3 aromatic rings. The lowest BCUT2D eigenvalue weighted by Gasteiger charge is -2.22. The average Bonchev–Trinajstić information content (AvgIpc) is 2.79. The normalized spacial score (nSPS) is 11.4. The fraction of sp³-hybridized carbons (Fsp3) is 0.231. The van der Waals surface area contributed by atoms with E-state index in [1.807, 2.05) is 75.4 Å². The van der Waals surface area contributed by atoms with Gasteiger partial charge >= 0.3 is 0 Å². The highest BCUT2D eigenvalue weighted by atomic mass is 32.2. The van der Waals surface area contributed by atoms with Crippen molar-refractivity contribution in [2.24, 2.45) is 5.10 Å². The molecule has 0 fully saturated rings. The lowest BCUT2D eigenvalue weighted by molar-refractivity contribution is -0.119. The number of aryl methyl sites for hydroxylation is 3. The zero-order valence-electron chi connectivity index (χ0n) is 19.8. The third kappa shape index (κ3) is 7.18. The summed E-state index contributed by atoms with van der Waals surface area (Å²) in [5.41, 5.74) is 7.85. The summed E-state index contributed by atoms with van der Waals surface area (Å²) >= 11 is 0. The molecule has 1 N–H and O–H groups in total. The largest absolute Gasteiger partial charge is 0.489 e. The standard InChI is InChI=1S/C26H29N3O4S/c1-19-5-8-23(9-6-19)18-33-25-13-10-22(11-14-25)16-27-28-26(30)17-29(34(4,31)32)24-12-7-20(2)21(3)15-24/h5-16H,17-18H2,1-4H3,(H,28,30)/b27-16-. The number of carbonyl (C=O) groups excluding carboxylic acids is 1. The molecular weight excluding hydrogens is 450 g/mol. The van der Waals surface area contributed by atoms with Crippen molar-refractivity contribution in [1.82, 2.24) is 5.43 Å². The lowest BCUT2D eigenvalue weighted by Crippen LogP contribution is -2.39. The third-order valence-corrected chi connectivity index (χ3v) is 6.42. The number of anilines is 1. The SMILES string of the molecule is Cc1ccc(COc2ccc(/C=N\NC(=O)CN(c3ccc(C)c(C)c3)S(C)(=O)=O)cc2)cc1. The van der Waals surface area contributed by atoms with Gasteiger partial charge in [-0.1, -0.05) is 35.9 Å². The van der Waals surface area contributed by atoms with Crippen LogP contribution in [0.15, 0.2) is 71.8 Å². The van der Waals surface area contributed by atoms with Crippen LogP contribution in [-0.4, -0.2) is 33.3 Å². The molecule has 0 aromatic heterocycles. The number of carbonyl (C=O) groups is 1. The molecule has 0 bridgehead atoms. The summed E-state index contributed by atoms with van der Waals surface area (Å²) < 4.78 is 31.3. The molecule has 1 amide bonds. The van der Waals surface area contributed by atoms with Gasteiger partial charge in [-0.05, 0) is 79.4 Å². The molecule has 0 spiro atoms. The van der Waals surface area contributed by atoms with E-state index in [1.54, 1.807) is 12.1 Å². The Balaban J connectivity index is 1.55. The molecule has 0 radical (unpaired) electrons. The summed E-state index contributed by atoms with van der Waals surface area (Å²) in [6.07, 6.45) is 2.56. The molecule has 7 nitrogen and oxygen atoms in total. The van der Waals surface area contributed by atoms with Crippen LogP contribution in [0.2, 0.25) is 0 Å². The topological polar surface area (TPSA) is 88.1 Å². The molecule has 34 heavy (non-hydrogen) atoms. The summed E-state index contributed by atoms with van der Waals surface area (Å²) in [7, 11) is -3.65. The molecule has 178 valence electrons. The number of rotatable bonds is 9. The van der Waals surface area contributed by atoms with E-state index in [1.165, 1.54) is 11.8 Å². The van der Waals surface area contributed by atoms with Crippen molar-refractivity contribution in [1.29, 1.82) is 0 Å². The van der Waals surface area contributed by atoms with Gasteiger partial charge in [0.1, 0.15) is 18.9 Å². The number of hydrogen-bond acceptors (Lipinski definition) is 5. The summed E-state index contributed by atoms with van der Waals surface area (Å²) in [5.74, 6) is 0.178. The molecule has 0 aliphatic heterocycles. The maximum absolute atomic E-state index is 12.4. The van der Waals surface area contributed by atoms with Crippen LogP contribution in [0.5, 0.6) is 5.75 Å². The van der Waals surface area contributed by atoms with Crippen LogP contribution in [0.1, 0.15) is 27.8 Å². The van der Waals surface area contributed by atoms with Crippen LogP contribution in [0.3, 0.4) is 0 Å². The molecule has 8 heteroatoms. The first-order chi connectivity index (χ1) is 16.1. The molecule has 0 unspecified atom stereocenters. The quantitative estimate of drug-likeness (QED) is 0.370. The van der Waals surface area contributed by atoms with Gasteiger partial charge in [0.2, 0.25) is 10.0 Å². The van der Waals surface area contributed by atoms with Crippen molar-refractivity contribution in [3.63, 3.8) is 0 Å². The first kappa shape index (κ1) is 25.0. The molecule has 3 rings (SSSR count). The molecule has 0 saturated heterocycles. The summed E-state index contributed by atoms with van der Waals surface area (Å²) in [5, 5.41) is 3.95. The second-order valence-electron chi connectivity index (χ2n) is 8.17. The van der Waals surface area contributed by atoms with Gasteiger partial charge in [0.05, 0.1) is 18.2 Å². The summed E-state index contributed by atoms with van der Waals surface area (Å²) in [4.78, 5) is 12.4. The number of nitrogens with zero attached hydrogens (tertiary/aromatic N) is 2. The maximum atomic E-state index is 12.4. The fourth-order valence-electron chi connectivity index (χ4n) is 3.13. The zero-order chi connectivity index (χ0) is 24.7. The minimum Gasteiger partial charge on any atom is -0.489 e. The highest BCUT2D eigenvalue weighted by Crippen LogP contribution is 2.21. The average molecular weight is 480 g/mol. The third-order valence-electron chi connectivity index (χ3n) is 5.28. The molecular formula is C26H29N3O4S. The van der Waals surface area contributed by atoms with Gasteiger partial charge < -0.3 is 4.74 Å². The van der Waals surface area contributed by atoms with Crippen molar-refractivity contribution in [3.8, 4) is 5.75 Å². The predicted molar refractivity (Wildman–Crippen MR) is 136 cm³/mol. The highest BCUT2D eigenvalue weighted by molar-refractivity contribution is 7.92. The number of benzene rings is 3. The second-order valence-corrected chi connectivity index (χ2v) is 10.1. The van der Waals surface area contributed by atoms with Crippen molar-refractivity contribution >= 4 is 27.8 Å². The number of sulfonamides is 1. The van der Waals surface area contributed by atoms with Crippen molar-refractivity contribution < 1.29 is 17.9 Å². The molecule has 0 atom stereocenters. The molecule has 0 heterocycles. The molecule has 0 aliphatic rings. The Morgan fingerprint density at radius 3 is 2.26 bits per heavy atom. The van der Waals surface area contributed by atoms with Crippen LogP contribution in [-0.2, 0) is 21.4 Å². The monoisotopic (exact) mass is 479 g/mol. The summed E-state index contributed by atoms with van der Waals surface area (Å²) in [6.45, 7) is 5.97. The van der Waals surface area contributed by atoms with E-state index in [2.05, 4.69) is 10.5 Å². The minimum atomic E-state index is -3.65. The Morgan fingerprint density at radius 1 is 0.971 bits per heavy atom. The van der Waals surface area contributed by atoms with E-state index in [0.717, 1.165) is 38.6 Å². The number of ether oxygens (including phenoxy) is 1. The van der Waals surface area contributed by atoms with Gasteiger partial charge in [0.25, 0.3) is 5.91 Å². The Bertz CT molecular complexity index is 1270. The Labute approximate surface area is 201 Å². The van der Waals surface area contributed by atoms with E-state index in [-0.39, 0.29) is 6.54 Å². The van der Waals surface area contributed by atoms with Gasteiger partial charge in [-0.2, -0.15) is 5.10 Å². The number of nitrogens with one attached hydrogen (secondary N) is 1. The van der Waals surface area contributed by atoms with Crippen LogP contribution >= 0.6 is 0 Å². The van der Waals surface area contributed by atoms with Gasteiger partial charge in [-0.15, -0.1) is 0 Å². The van der Waals surface area contributed by atoms with E-state index in [4.69, 9.17) is 4.74 Å². The van der Waals surface area contributed by atoms with E-state index in [9.17, 15) is 13.2 Å². The highest BCUT2D eigenvalue weighted by Gasteiger charge is 2.21. The minimum absolute atomic E-state index is 0.371. The van der Waals surface area contributed by atoms with Crippen LogP contribution in [0, 0.1) is 20.8 Å². The van der Waals surface area contributed by atoms with Crippen LogP contribution < -0.4 is 14.5 Å². The van der Waals surface area contributed by atoms with Gasteiger partial charge in [-0.3, -0.25) is 9.10 Å². The Morgan fingerprint density at radius 2 is 1.65 bits per heavy atom. The van der Waals surface area contributed by atoms with Crippen molar-refractivity contribution in [2.45, 2.75) is 27.4 Å². The van der Waals surface area contributed by atoms with Gasteiger partial charge in [0, 0.05) is 0 Å². The molecule has 0 saturated carbocycles. The number of amides is 1. The van der Waals surface area contributed by atoms with E-state index < -0.39 is 15.9 Å². The van der Waals surface area contributed by atoms with Crippen molar-refractivity contribution in [3.05, 3.63) is 94.5 Å². The first-order valence-corrected chi connectivity index (χ1v) is 12.6. The zero-order valence-corrected chi connectivity index (χ0v) is 20.6. The first-order valence-electron chi connectivity index (χ1n) is 10.8. The predicted octanol–water partition coefficient (Wildman–Crippen LogP) is 4.11. The van der Waals surface area contributed by atoms with Gasteiger partial charge in [-0.25, -0.2) is 13.8 Å². The van der Waals surface area contributed by atoms with Gasteiger partial charge in [0.15, 0.2) is 0 Å². The Hall–Kier alpha value is -3.65. The molecule has 3 aromatic carbocycles. The number of hydrogen-bond donors (Lipinski definition) is 1. The van der Waals surface area contributed by atoms with Crippen LogP contribution in [0.4, 0.5) is 5.69 Å².